The number of nitrogens with one attached hydrogen (secondary N) is 1. The lowest BCUT2D eigenvalue weighted by atomic mass is 10.0. The smallest absolute Gasteiger partial charge is 0.278 e. The molecule has 0 spiro atoms. The van der Waals surface area contributed by atoms with E-state index < -0.39 is 0 Å². The number of nitrogens with zero attached hydrogens (tertiary/aromatic N) is 5. The summed E-state index contributed by atoms with van der Waals surface area (Å²) in [5, 5.41) is 17.8. The van der Waals surface area contributed by atoms with Gasteiger partial charge in [0.2, 0.25) is 0 Å². The topological polar surface area (TPSA) is 91.8 Å². The highest BCUT2D eigenvalue weighted by Gasteiger charge is 2.23. The number of hydrogen-bond acceptors (Lipinski definition) is 4. The zero-order valence-corrected chi connectivity index (χ0v) is 14.4. The fourth-order valence-electron chi connectivity index (χ4n) is 3.28. The molecule has 0 atom stereocenters. The van der Waals surface area contributed by atoms with E-state index in [1.807, 2.05) is 24.6 Å². The summed E-state index contributed by atoms with van der Waals surface area (Å²) in [5.41, 5.74) is 2.88. The van der Waals surface area contributed by atoms with Gasteiger partial charge >= 0.3 is 0 Å². The van der Waals surface area contributed by atoms with E-state index in [-0.39, 0.29) is 11.5 Å². The van der Waals surface area contributed by atoms with Crippen LogP contribution in [-0.2, 0) is 6.54 Å². The molecule has 3 heterocycles. The highest BCUT2D eigenvalue weighted by Crippen LogP contribution is 2.33. The lowest BCUT2D eigenvalue weighted by molar-refractivity contribution is 0.550. The predicted octanol–water partition coefficient (Wildman–Crippen LogP) is 2.68. The van der Waals surface area contributed by atoms with E-state index in [9.17, 15) is 10.1 Å². The van der Waals surface area contributed by atoms with Crippen LogP contribution in [0.5, 0.6) is 0 Å². The van der Waals surface area contributed by atoms with Crippen molar-refractivity contribution in [1.29, 1.82) is 5.26 Å². The number of aryl methyl sites for hydroxylation is 1. The molecule has 1 N–H and O–H groups in total. The van der Waals surface area contributed by atoms with Crippen LogP contribution in [0.2, 0.25) is 0 Å². The number of H-pyrrole nitrogens is 1. The first-order valence-electron chi connectivity index (χ1n) is 8.66. The van der Waals surface area contributed by atoms with Crippen LogP contribution in [-0.4, -0.2) is 24.4 Å². The van der Waals surface area contributed by atoms with Crippen LogP contribution >= 0.6 is 0 Å². The molecule has 0 unspecified atom stereocenters. The van der Waals surface area contributed by atoms with Crippen LogP contribution in [0.25, 0.3) is 17.0 Å². The second kappa shape index (κ2) is 5.88. The summed E-state index contributed by atoms with van der Waals surface area (Å²) in [4.78, 5) is 16.2. The second-order valence-electron chi connectivity index (χ2n) is 6.98. The quantitative estimate of drug-likeness (QED) is 0.775. The first kappa shape index (κ1) is 15.6. The van der Waals surface area contributed by atoms with Gasteiger partial charge in [-0.2, -0.15) is 20.0 Å². The van der Waals surface area contributed by atoms with Crippen molar-refractivity contribution in [2.24, 2.45) is 5.92 Å². The second-order valence-corrected chi connectivity index (χ2v) is 6.98. The summed E-state index contributed by atoms with van der Waals surface area (Å²) in [5.74, 6) is 0.827. The largest absolute Gasteiger partial charge is 0.337 e. The Labute approximate surface area is 144 Å². The Morgan fingerprint density at radius 2 is 2.20 bits per heavy atom. The number of fused-ring (bicyclic) bond motifs is 1. The lowest BCUT2D eigenvalue weighted by Crippen LogP contribution is -2.23. The first-order chi connectivity index (χ1) is 12.1. The third-order valence-corrected chi connectivity index (χ3v) is 4.82. The Kier molecular flexibility index (Phi) is 3.68. The molecule has 0 aliphatic heterocycles. The van der Waals surface area contributed by atoms with Crippen LogP contribution in [0, 0.1) is 17.2 Å². The summed E-state index contributed by atoms with van der Waals surface area (Å²) in [6.07, 6.45) is 6.90. The normalized spacial score (nSPS) is 14.3. The molecule has 1 aliphatic carbocycles. The third kappa shape index (κ3) is 2.64. The molecule has 1 fully saturated rings. The Balaban J connectivity index is 1.91. The van der Waals surface area contributed by atoms with Crippen LogP contribution in [0.1, 0.15) is 50.2 Å². The van der Waals surface area contributed by atoms with Crippen molar-refractivity contribution in [3.63, 3.8) is 0 Å². The van der Waals surface area contributed by atoms with Crippen molar-refractivity contribution < 1.29 is 0 Å². The van der Waals surface area contributed by atoms with Gasteiger partial charge in [0.15, 0.2) is 5.65 Å². The molecule has 3 aromatic rings. The van der Waals surface area contributed by atoms with E-state index in [4.69, 9.17) is 0 Å². The van der Waals surface area contributed by atoms with Crippen LogP contribution in [0.4, 0.5) is 0 Å². The van der Waals surface area contributed by atoms with Gasteiger partial charge in [-0.25, -0.2) is 0 Å². The van der Waals surface area contributed by atoms with E-state index in [1.54, 1.807) is 6.20 Å². The maximum Gasteiger partial charge on any atom is 0.278 e. The van der Waals surface area contributed by atoms with Gasteiger partial charge in [0.25, 0.3) is 5.56 Å². The van der Waals surface area contributed by atoms with E-state index in [0.717, 1.165) is 30.3 Å². The number of hydrogen-bond donors (Lipinski definition) is 1. The fourth-order valence-corrected chi connectivity index (χ4v) is 3.28. The van der Waals surface area contributed by atoms with Gasteiger partial charge in [0.1, 0.15) is 11.6 Å². The van der Waals surface area contributed by atoms with Crippen LogP contribution < -0.4 is 5.56 Å². The van der Waals surface area contributed by atoms with Crippen molar-refractivity contribution in [3.8, 4) is 17.5 Å². The lowest BCUT2D eigenvalue weighted by Gasteiger charge is -2.14. The average molecular weight is 336 g/mol. The molecular formula is C18H20N6O. The molecule has 0 aromatic carbocycles. The van der Waals surface area contributed by atoms with E-state index >= 15 is 0 Å². The Hall–Kier alpha value is -2.88. The van der Waals surface area contributed by atoms with E-state index in [0.29, 0.717) is 16.8 Å². The summed E-state index contributed by atoms with van der Waals surface area (Å²) >= 11 is 0. The number of aromatic amines is 1. The standard InChI is InChI=1S/C18H20N6O/c1-11(2)15-16(14-5-7-20-23(14)8-6-12-3-4-12)22-17-13(9-19)10-21-24(17)18(15)25/h5,7,10-12,22H,3-4,6,8H2,1-2H3. The van der Waals surface area contributed by atoms with Crippen molar-refractivity contribution >= 4 is 5.65 Å². The fraction of sp³-hybridized carbons (Fsp3) is 0.444. The number of nitriles is 1. The molecule has 7 nitrogen and oxygen atoms in total. The minimum Gasteiger partial charge on any atom is -0.337 e. The summed E-state index contributed by atoms with van der Waals surface area (Å²) < 4.78 is 3.23. The van der Waals surface area contributed by atoms with Crippen molar-refractivity contribution in [2.45, 2.75) is 45.6 Å². The maximum atomic E-state index is 12.9. The number of rotatable bonds is 5. The molecule has 25 heavy (non-hydrogen) atoms. The van der Waals surface area contributed by atoms with Gasteiger partial charge in [-0.1, -0.05) is 26.7 Å². The summed E-state index contributed by atoms with van der Waals surface area (Å²) in [7, 11) is 0. The van der Waals surface area contributed by atoms with Crippen LogP contribution in [0.15, 0.2) is 23.3 Å². The molecule has 0 bridgehead atoms. The van der Waals surface area contributed by atoms with Gasteiger partial charge in [-0.3, -0.25) is 9.48 Å². The molecule has 4 rings (SSSR count). The Morgan fingerprint density at radius 1 is 1.40 bits per heavy atom. The SMILES string of the molecule is CC(C)c1c(-c2ccnn2CCC2CC2)[nH]c2c(C#N)cnn2c1=O. The molecule has 0 saturated heterocycles. The molecular weight excluding hydrogens is 316 g/mol. The first-order valence-corrected chi connectivity index (χ1v) is 8.66. The van der Waals surface area contributed by atoms with E-state index in [2.05, 4.69) is 21.3 Å². The molecule has 128 valence electrons. The van der Waals surface area contributed by atoms with Gasteiger partial charge in [-0.15, -0.1) is 0 Å². The van der Waals surface area contributed by atoms with E-state index in [1.165, 1.54) is 23.6 Å². The summed E-state index contributed by atoms with van der Waals surface area (Å²) in [6.45, 7) is 4.81. The average Bonchev–Trinajstić information content (AvgIpc) is 3.14. The van der Waals surface area contributed by atoms with Gasteiger partial charge in [0.05, 0.1) is 17.6 Å². The van der Waals surface area contributed by atoms with Gasteiger partial charge in [-0.05, 0) is 24.3 Å². The minimum absolute atomic E-state index is 0.0182. The zero-order chi connectivity index (χ0) is 17.6. The highest BCUT2D eigenvalue weighted by molar-refractivity contribution is 5.65. The predicted molar refractivity (Wildman–Crippen MR) is 93.2 cm³/mol. The van der Waals surface area contributed by atoms with Gasteiger partial charge < -0.3 is 4.98 Å². The molecule has 1 saturated carbocycles. The van der Waals surface area contributed by atoms with Crippen LogP contribution in [0.3, 0.4) is 0 Å². The number of aromatic nitrogens is 5. The van der Waals surface area contributed by atoms with Crippen molar-refractivity contribution in [2.75, 3.05) is 0 Å². The monoisotopic (exact) mass is 336 g/mol. The summed E-state index contributed by atoms with van der Waals surface area (Å²) in [6, 6.07) is 4.01. The van der Waals surface area contributed by atoms with Crippen molar-refractivity contribution in [1.82, 2.24) is 24.4 Å². The van der Waals surface area contributed by atoms with Gasteiger partial charge in [0, 0.05) is 18.3 Å². The maximum absolute atomic E-state index is 12.9. The molecule has 1 aliphatic rings. The Bertz CT molecular complexity index is 1030. The Morgan fingerprint density at radius 3 is 2.88 bits per heavy atom. The molecule has 0 amide bonds. The highest BCUT2D eigenvalue weighted by atomic mass is 16.1. The van der Waals surface area contributed by atoms with Crippen molar-refractivity contribution in [3.05, 3.63) is 39.9 Å². The zero-order valence-electron chi connectivity index (χ0n) is 14.4. The minimum atomic E-state index is -0.185. The molecule has 3 aromatic heterocycles. The molecule has 0 radical (unpaired) electrons. The molecule has 7 heteroatoms. The third-order valence-electron chi connectivity index (χ3n) is 4.82.